The first-order valence-corrected chi connectivity index (χ1v) is 12.7. The fourth-order valence-electron chi connectivity index (χ4n) is 4.25. The van der Waals surface area contributed by atoms with Gasteiger partial charge in [-0.25, -0.2) is 14.5 Å². The Morgan fingerprint density at radius 2 is 1.91 bits per heavy atom. The summed E-state index contributed by atoms with van der Waals surface area (Å²) in [4.78, 5) is 29.5. The summed E-state index contributed by atoms with van der Waals surface area (Å²) in [5.41, 5.74) is 4.05. The molecule has 4 rings (SSSR count). The summed E-state index contributed by atoms with van der Waals surface area (Å²) in [5.74, 6) is 0.261. The summed E-state index contributed by atoms with van der Waals surface area (Å²) in [5, 5.41) is 5.63. The number of imidazole rings is 1. The first-order valence-electron chi connectivity index (χ1n) is 11.6. The topological polar surface area (TPSA) is 79.0 Å². The second kappa shape index (κ2) is 10.7. The van der Waals surface area contributed by atoms with E-state index in [1.165, 1.54) is 0 Å². The number of halogens is 2. The first-order chi connectivity index (χ1) is 16.9. The van der Waals surface area contributed by atoms with E-state index in [-0.39, 0.29) is 5.78 Å². The van der Waals surface area contributed by atoms with Gasteiger partial charge in [0.15, 0.2) is 11.5 Å². The number of hydrogen-bond acceptors (Lipinski definition) is 5. The first kappa shape index (κ1) is 25.1. The highest BCUT2D eigenvalue weighted by atomic mass is 79.9. The summed E-state index contributed by atoms with van der Waals surface area (Å²) in [6, 6.07) is 13.4. The van der Waals surface area contributed by atoms with Crippen LogP contribution in [0.4, 0.5) is 0 Å². The van der Waals surface area contributed by atoms with Crippen LogP contribution in [0.2, 0.25) is 0 Å². The van der Waals surface area contributed by atoms with Gasteiger partial charge in [0.05, 0.1) is 16.9 Å². The average Bonchev–Trinajstić information content (AvgIpc) is 3.37. The fraction of sp³-hybridized carbons (Fsp3) is 0.308. The molecule has 9 heteroatoms. The Kier molecular flexibility index (Phi) is 7.72. The maximum atomic E-state index is 12.5. The Labute approximate surface area is 217 Å². The molecule has 0 aliphatic rings. The SMILES string of the molecule is CCCCc1nc(C)c(C(=O)OCl)n1Cc1ccc2nn(-c3ccccc3C(=O)CC)c(Br)c2c1. The van der Waals surface area contributed by atoms with Crippen molar-refractivity contribution >= 4 is 50.5 Å². The zero-order chi connectivity index (χ0) is 25.1. The van der Waals surface area contributed by atoms with Crippen LogP contribution >= 0.6 is 27.8 Å². The highest BCUT2D eigenvalue weighted by Gasteiger charge is 2.23. The molecule has 4 aromatic rings. The molecule has 0 aliphatic carbocycles. The molecule has 2 heterocycles. The Bertz CT molecular complexity index is 1410. The standard InChI is InChI=1S/C26H26BrClN4O3/c1-4-6-11-23-29-16(3)24(26(34)35-28)31(23)15-17-12-13-20-19(14-17)25(27)32(30-20)21-10-8-7-9-18(21)22(33)5-2/h7-10,12-14H,4-6,11,15H2,1-3H3. The van der Waals surface area contributed by atoms with Gasteiger partial charge in [-0.05, 0) is 59.1 Å². The summed E-state index contributed by atoms with van der Waals surface area (Å²) < 4.78 is 8.90. The minimum atomic E-state index is -0.619. The number of Topliss-reactive ketones (excluding diaryl/α,β-unsaturated/α-hetero) is 1. The number of unbranched alkanes of at least 4 members (excludes halogenated alkanes) is 1. The number of ketones is 1. The number of fused-ring (bicyclic) bond motifs is 1. The van der Waals surface area contributed by atoms with Gasteiger partial charge in [-0.15, -0.1) is 0 Å². The van der Waals surface area contributed by atoms with Crippen LogP contribution in [0.3, 0.4) is 0 Å². The van der Waals surface area contributed by atoms with Crippen molar-refractivity contribution in [2.24, 2.45) is 0 Å². The number of benzene rings is 2. The van der Waals surface area contributed by atoms with Crippen LogP contribution < -0.4 is 0 Å². The minimum Gasteiger partial charge on any atom is -0.342 e. The van der Waals surface area contributed by atoms with Crippen LogP contribution in [-0.4, -0.2) is 31.1 Å². The lowest BCUT2D eigenvalue weighted by Crippen LogP contribution is -2.14. The van der Waals surface area contributed by atoms with E-state index in [4.69, 9.17) is 17.0 Å². The third-order valence-electron chi connectivity index (χ3n) is 6.01. The van der Waals surface area contributed by atoms with Gasteiger partial charge in [0.2, 0.25) is 0 Å². The molecule has 0 unspecified atom stereocenters. The van der Waals surface area contributed by atoms with Crippen LogP contribution in [-0.2, 0) is 17.3 Å². The molecule has 35 heavy (non-hydrogen) atoms. The van der Waals surface area contributed by atoms with Crippen LogP contribution in [0.15, 0.2) is 47.1 Å². The third-order valence-corrected chi connectivity index (χ3v) is 6.91. The Morgan fingerprint density at radius 3 is 2.63 bits per heavy atom. The highest BCUT2D eigenvalue weighted by molar-refractivity contribution is 9.10. The van der Waals surface area contributed by atoms with Gasteiger partial charge in [-0.2, -0.15) is 5.10 Å². The predicted octanol–water partition coefficient (Wildman–Crippen LogP) is 6.59. The van der Waals surface area contributed by atoms with E-state index in [2.05, 4.69) is 32.1 Å². The van der Waals surface area contributed by atoms with Gasteiger partial charge in [0.1, 0.15) is 22.3 Å². The highest BCUT2D eigenvalue weighted by Crippen LogP contribution is 2.30. The van der Waals surface area contributed by atoms with E-state index in [1.807, 2.05) is 54.0 Å². The molecule has 0 saturated carbocycles. The Morgan fingerprint density at radius 1 is 1.14 bits per heavy atom. The molecular weight excluding hydrogens is 532 g/mol. The molecule has 2 aromatic carbocycles. The van der Waals surface area contributed by atoms with Crippen molar-refractivity contribution in [1.82, 2.24) is 19.3 Å². The number of para-hydroxylation sites is 1. The van der Waals surface area contributed by atoms with Crippen molar-refractivity contribution in [1.29, 1.82) is 0 Å². The third kappa shape index (κ3) is 4.90. The van der Waals surface area contributed by atoms with Gasteiger partial charge < -0.3 is 8.86 Å². The Hall–Kier alpha value is -2.97. The number of aromatic nitrogens is 4. The van der Waals surface area contributed by atoms with Crippen molar-refractivity contribution in [3.63, 3.8) is 0 Å². The maximum Gasteiger partial charge on any atom is 0.374 e. The summed E-state index contributed by atoms with van der Waals surface area (Å²) in [6.07, 6.45) is 3.14. The van der Waals surface area contributed by atoms with Crippen LogP contribution in [0.1, 0.15) is 71.0 Å². The molecule has 0 fully saturated rings. The molecule has 0 saturated heterocycles. The number of hydrogen-bond donors (Lipinski definition) is 0. The number of carbonyl (C=O) groups is 2. The van der Waals surface area contributed by atoms with Gasteiger partial charge in [0.25, 0.3) is 0 Å². The molecule has 2 aromatic heterocycles. The minimum absolute atomic E-state index is 0.0570. The monoisotopic (exact) mass is 556 g/mol. The Balaban J connectivity index is 1.77. The molecule has 0 spiro atoms. The lowest BCUT2D eigenvalue weighted by Gasteiger charge is -2.11. The molecule has 0 radical (unpaired) electrons. The molecule has 0 N–H and O–H groups in total. The van der Waals surface area contributed by atoms with E-state index in [9.17, 15) is 9.59 Å². The molecular formula is C26H26BrClN4O3. The van der Waals surface area contributed by atoms with Crippen molar-refractivity contribution in [3.05, 3.63) is 75.4 Å². The summed E-state index contributed by atoms with van der Waals surface area (Å²) in [6.45, 7) is 6.18. The van der Waals surface area contributed by atoms with Crippen molar-refractivity contribution in [2.45, 2.75) is 53.0 Å². The number of nitrogens with zero attached hydrogens (tertiary/aromatic N) is 4. The normalized spacial score (nSPS) is 11.2. The molecule has 182 valence electrons. The predicted molar refractivity (Wildman–Crippen MR) is 139 cm³/mol. The summed E-state index contributed by atoms with van der Waals surface area (Å²) in [7, 11) is 0. The second-order valence-electron chi connectivity index (χ2n) is 8.36. The molecule has 7 nitrogen and oxygen atoms in total. The number of carbonyl (C=O) groups excluding carboxylic acids is 2. The summed E-state index contributed by atoms with van der Waals surface area (Å²) >= 11 is 9.11. The quantitative estimate of drug-likeness (QED) is 0.217. The van der Waals surface area contributed by atoms with Crippen LogP contribution in [0.25, 0.3) is 16.6 Å². The van der Waals surface area contributed by atoms with E-state index in [1.54, 1.807) is 11.6 Å². The lowest BCUT2D eigenvalue weighted by atomic mass is 10.1. The second-order valence-corrected chi connectivity index (χ2v) is 9.27. The van der Waals surface area contributed by atoms with E-state index in [0.717, 1.165) is 51.8 Å². The smallest absolute Gasteiger partial charge is 0.342 e. The van der Waals surface area contributed by atoms with Crippen molar-refractivity contribution in [3.8, 4) is 5.69 Å². The lowest BCUT2D eigenvalue weighted by molar-refractivity contribution is 0.0739. The van der Waals surface area contributed by atoms with Gasteiger partial charge in [-0.1, -0.05) is 38.5 Å². The average molecular weight is 558 g/mol. The van der Waals surface area contributed by atoms with Gasteiger partial charge >= 0.3 is 5.97 Å². The molecule has 0 atom stereocenters. The molecule has 0 aliphatic heterocycles. The van der Waals surface area contributed by atoms with Gasteiger partial charge in [-0.3, -0.25) is 4.79 Å². The number of aryl methyl sites for hydroxylation is 2. The van der Waals surface area contributed by atoms with Gasteiger partial charge in [0, 0.05) is 30.3 Å². The van der Waals surface area contributed by atoms with Crippen LogP contribution in [0.5, 0.6) is 0 Å². The number of rotatable bonds is 9. The van der Waals surface area contributed by atoms with E-state index < -0.39 is 5.97 Å². The van der Waals surface area contributed by atoms with Crippen molar-refractivity contribution in [2.75, 3.05) is 0 Å². The largest absolute Gasteiger partial charge is 0.374 e. The maximum absolute atomic E-state index is 12.5. The zero-order valence-electron chi connectivity index (χ0n) is 19.8. The van der Waals surface area contributed by atoms with E-state index in [0.29, 0.717) is 29.9 Å². The fourth-order valence-corrected chi connectivity index (χ4v) is 4.91. The zero-order valence-corrected chi connectivity index (χ0v) is 22.2. The molecule has 0 amide bonds. The molecule has 0 bridgehead atoms. The van der Waals surface area contributed by atoms with Crippen molar-refractivity contribution < 1.29 is 13.9 Å². The van der Waals surface area contributed by atoms with E-state index >= 15 is 0 Å². The van der Waals surface area contributed by atoms with Crippen LogP contribution in [0, 0.1) is 6.92 Å².